The first-order valence-corrected chi connectivity index (χ1v) is 9.40. The van der Waals surface area contributed by atoms with Gasteiger partial charge in [-0.2, -0.15) is 0 Å². The molecule has 0 aliphatic carbocycles. The van der Waals surface area contributed by atoms with E-state index in [2.05, 4.69) is 11.8 Å². The molecule has 1 aliphatic heterocycles. The second-order valence-corrected chi connectivity index (χ2v) is 7.63. The van der Waals surface area contributed by atoms with Crippen LogP contribution < -0.4 is 4.90 Å². The van der Waals surface area contributed by atoms with Crippen molar-refractivity contribution in [1.82, 2.24) is 0 Å². The highest BCUT2D eigenvalue weighted by Crippen LogP contribution is 2.39. The molecule has 2 unspecified atom stereocenters. The van der Waals surface area contributed by atoms with Gasteiger partial charge in [0.05, 0.1) is 32.5 Å². The summed E-state index contributed by atoms with van der Waals surface area (Å²) >= 11 is 0. The van der Waals surface area contributed by atoms with Crippen LogP contribution in [0.1, 0.15) is 40.0 Å². The number of rotatable bonds is 6. The van der Waals surface area contributed by atoms with E-state index >= 15 is 0 Å². The molecule has 2 atom stereocenters. The Labute approximate surface area is 161 Å². The van der Waals surface area contributed by atoms with E-state index in [9.17, 15) is 9.59 Å². The summed E-state index contributed by atoms with van der Waals surface area (Å²) in [4.78, 5) is 26.8. The Bertz CT molecular complexity index is 645. The molecule has 6 nitrogen and oxygen atoms in total. The summed E-state index contributed by atoms with van der Waals surface area (Å²) in [6.45, 7) is 6.83. The van der Waals surface area contributed by atoms with Crippen LogP contribution in [0.15, 0.2) is 30.3 Å². The van der Waals surface area contributed by atoms with E-state index in [-0.39, 0.29) is 31.0 Å². The molecule has 0 N–H and O–H groups in total. The minimum absolute atomic E-state index is 0.0737. The summed E-state index contributed by atoms with van der Waals surface area (Å²) in [7, 11) is 2.73. The highest BCUT2D eigenvalue weighted by molar-refractivity contribution is 5.79. The van der Waals surface area contributed by atoms with Gasteiger partial charge in [-0.05, 0) is 38.8 Å². The average molecular weight is 377 g/mol. The Balaban J connectivity index is 2.48. The minimum Gasteiger partial charge on any atom is -0.469 e. The number of nitrogens with zero attached hydrogens (tertiary/aromatic N) is 1. The van der Waals surface area contributed by atoms with Crippen LogP contribution in [0.2, 0.25) is 0 Å². The molecule has 2 rings (SSSR count). The third-order valence-electron chi connectivity index (χ3n) is 5.50. The smallest absolute Gasteiger partial charge is 0.315 e. The molecule has 27 heavy (non-hydrogen) atoms. The molecule has 0 amide bonds. The molecule has 0 aromatic heterocycles. The van der Waals surface area contributed by atoms with E-state index in [1.807, 2.05) is 44.2 Å². The third kappa shape index (κ3) is 4.61. The zero-order chi connectivity index (χ0) is 20.1. The number of carbonyl (C=O) groups is 2. The number of benzene rings is 1. The lowest BCUT2D eigenvalue weighted by Crippen LogP contribution is -2.51. The molecule has 0 radical (unpaired) electrons. The van der Waals surface area contributed by atoms with Crippen molar-refractivity contribution in [2.45, 2.75) is 51.7 Å². The summed E-state index contributed by atoms with van der Waals surface area (Å²) in [5.74, 6) is -0.708. The van der Waals surface area contributed by atoms with Gasteiger partial charge in [-0.3, -0.25) is 9.59 Å². The van der Waals surface area contributed by atoms with Gasteiger partial charge in [0.2, 0.25) is 0 Å². The summed E-state index contributed by atoms with van der Waals surface area (Å²) < 4.78 is 16.2. The van der Waals surface area contributed by atoms with Gasteiger partial charge in [0.1, 0.15) is 5.41 Å². The van der Waals surface area contributed by atoms with Gasteiger partial charge in [0.25, 0.3) is 0 Å². The van der Waals surface area contributed by atoms with Crippen molar-refractivity contribution in [3.05, 3.63) is 30.3 Å². The average Bonchev–Trinajstić information content (AvgIpc) is 2.80. The minimum atomic E-state index is -0.944. The Morgan fingerprint density at radius 3 is 2.41 bits per heavy atom. The van der Waals surface area contributed by atoms with E-state index in [1.165, 1.54) is 14.2 Å². The highest BCUT2D eigenvalue weighted by atomic mass is 16.5. The lowest BCUT2D eigenvalue weighted by molar-refractivity contribution is -0.160. The Kier molecular flexibility index (Phi) is 6.87. The Morgan fingerprint density at radius 2 is 1.85 bits per heavy atom. The maximum absolute atomic E-state index is 12.8. The van der Waals surface area contributed by atoms with Crippen molar-refractivity contribution < 1.29 is 23.8 Å². The van der Waals surface area contributed by atoms with Crippen LogP contribution in [0.25, 0.3) is 0 Å². The molecule has 0 bridgehead atoms. The standard InChI is InChI=1S/C21H31NO5/c1-6-17-20(2,3)27-15-21(19(24)26-5,13-12-18(23)25-4)14-22(17)16-10-8-7-9-11-16/h7-11,17H,6,12-15H2,1-5H3. The molecule has 1 saturated heterocycles. The van der Waals surface area contributed by atoms with Gasteiger partial charge in [-0.15, -0.1) is 0 Å². The number of carbonyl (C=O) groups excluding carboxylic acids is 2. The SMILES string of the molecule is CCC1N(c2ccccc2)CC(CCC(=O)OC)(C(=O)OC)COC1(C)C. The Hall–Kier alpha value is -2.08. The van der Waals surface area contributed by atoms with Crippen LogP contribution in [-0.4, -0.2) is 51.0 Å². The number of methoxy groups -OCH3 is 2. The number of ether oxygens (including phenoxy) is 3. The molecular weight excluding hydrogens is 346 g/mol. The predicted molar refractivity (Wildman–Crippen MR) is 104 cm³/mol. The van der Waals surface area contributed by atoms with E-state index < -0.39 is 11.0 Å². The number of hydrogen-bond donors (Lipinski definition) is 0. The number of anilines is 1. The molecule has 0 spiro atoms. The van der Waals surface area contributed by atoms with Gasteiger partial charge in [-0.25, -0.2) is 0 Å². The molecule has 150 valence electrons. The van der Waals surface area contributed by atoms with Crippen LogP contribution >= 0.6 is 0 Å². The van der Waals surface area contributed by atoms with E-state index in [0.717, 1.165) is 12.1 Å². The Morgan fingerprint density at radius 1 is 1.19 bits per heavy atom. The second kappa shape index (κ2) is 8.74. The fourth-order valence-corrected chi connectivity index (χ4v) is 3.92. The van der Waals surface area contributed by atoms with Crippen molar-refractivity contribution in [2.75, 3.05) is 32.3 Å². The van der Waals surface area contributed by atoms with Gasteiger partial charge in [0, 0.05) is 18.7 Å². The van der Waals surface area contributed by atoms with Crippen LogP contribution in [0, 0.1) is 5.41 Å². The van der Waals surface area contributed by atoms with Crippen molar-refractivity contribution in [3.63, 3.8) is 0 Å². The third-order valence-corrected chi connectivity index (χ3v) is 5.50. The summed E-state index contributed by atoms with van der Waals surface area (Å²) in [6.07, 6.45) is 1.30. The fraction of sp³-hybridized carbons (Fsp3) is 0.619. The molecule has 6 heteroatoms. The zero-order valence-corrected chi connectivity index (χ0v) is 17.0. The molecule has 0 saturated carbocycles. The van der Waals surface area contributed by atoms with E-state index in [0.29, 0.717) is 13.0 Å². The predicted octanol–water partition coefficient (Wildman–Crippen LogP) is 3.19. The first-order chi connectivity index (χ1) is 12.8. The van der Waals surface area contributed by atoms with Crippen LogP contribution in [-0.2, 0) is 23.8 Å². The lowest BCUT2D eigenvalue weighted by Gasteiger charge is -2.41. The maximum Gasteiger partial charge on any atom is 0.315 e. The molecule has 1 heterocycles. The summed E-state index contributed by atoms with van der Waals surface area (Å²) in [5, 5.41) is 0. The highest BCUT2D eigenvalue weighted by Gasteiger charge is 2.49. The monoisotopic (exact) mass is 377 g/mol. The lowest BCUT2D eigenvalue weighted by atomic mass is 9.82. The van der Waals surface area contributed by atoms with Gasteiger partial charge < -0.3 is 19.1 Å². The summed E-state index contributed by atoms with van der Waals surface area (Å²) in [5.41, 5.74) is -0.389. The van der Waals surface area contributed by atoms with Crippen LogP contribution in [0.5, 0.6) is 0 Å². The molecule has 1 aromatic rings. The van der Waals surface area contributed by atoms with Crippen molar-refractivity contribution in [3.8, 4) is 0 Å². The van der Waals surface area contributed by atoms with Crippen molar-refractivity contribution in [1.29, 1.82) is 0 Å². The second-order valence-electron chi connectivity index (χ2n) is 7.63. The molecular formula is C21H31NO5. The summed E-state index contributed by atoms with van der Waals surface area (Å²) in [6, 6.07) is 10.1. The van der Waals surface area contributed by atoms with Crippen LogP contribution in [0.3, 0.4) is 0 Å². The number of hydrogen-bond acceptors (Lipinski definition) is 6. The largest absolute Gasteiger partial charge is 0.469 e. The topological polar surface area (TPSA) is 65.1 Å². The number of esters is 2. The maximum atomic E-state index is 12.8. The zero-order valence-electron chi connectivity index (χ0n) is 17.0. The van der Waals surface area contributed by atoms with Crippen molar-refractivity contribution in [2.24, 2.45) is 5.41 Å². The molecule has 1 aliphatic rings. The quantitative estimate of drug-likeness (QED) is 0.710. The molecule has 1 fully saturated rings. The van der Waals surface area contributed by atoms with Crippen LogP contribution in [0.4, 0.5) is 5.69 Å². The van der Waals surface area contributed by atoms with Crippen molar-refractivity contribution >= 4 is 17.6 Å². The number of para-hydroxylation sites is 1. The normalized spacial score (nSPS) is 24.8. The van der Waals surface area contributed by atoms with Gasteiger partial charge >= 0.3 is 11.9 Å². The first kappa shape index (κ1) is 21.2. The molecule has 1 aromatic carbocycles. The first-order valence-electron chi connectivity index (χ1n) is 9.40. The van der Waals surface area contributed by atoms with Gasteiger partial charge in [-0.1, -0.05) is 25.1 Å². The fourth-order valence-electron chi connectivity index (χ4n) is 3.92. The van der Waals surface area contributed by atoms with Gasteiger partial charge in [0.15, 0.2) is 0 Å². The van der Waals surface area contributed by atoms with E-state index in [1.54, 1.807) is 0 Å². The van der Waals surface area contributed by atoms with E-state index in [4.69, 9.17) is 14.2 Å².